The molecule has 0 fully saturated rings. The summed E-state index contributed by atoms with van der Waals surface area (Å²) in [6.07, 6.45) is -4.46. The van der Waals surface area contributed by atoms with Gasteiger partial charge in [-0.1, -0.05) is 18.2 Å². The van der Waals surface area contributed by atoms with E-state index in [0.29, 0.717) is 5.75 Å². The van der Waals surface area contributed by atoms with Crippen molar-refractivity contribution in [1.82, 2.24) is 4.90 Å². The number of benzene rings is 2. The van der Waals surface area contributed by atoms with Gasteiger partial charge in [-0.3, -0.25) is 4.79 Å². The number of ether oxygens (including phenoxy) is 1. The lowest BCUT2D eigenvalue weighted by atomic mass is 10.1. The normalized spacial score (nSPS) is 11.2. The molecule has 0 N–H and O–H groups in total. The molecule has 7 heteroatoms. The first-order valence-electron chi connectivity index (χ1n) is 7.55. The third-order valence-corrected chi connectivity index (χ3v) is 3.55. The molecule has 0 atom stereocenters. The predicted molar refractivity (Wildman–Crippen MR) is 84.4 cm³/mol. The molecule has 0 bridgehead atoms. The Balaban J connectivity index is 1.89. The van der Waals surface area contributed by atoms with E-state index in [1.165, 1.54) is 54.4 Å². The summed E-state index contributed by atoms with van der Waals surface area (Å²) in [6, 6.07) is 10.5. The molecule has 134 valence electrons. The van der Waals surface area contributed by atoms with Crippen molar-refractivity contribution in [2.75, 3.05) is 13.7 Å². The lowest BCUT2D eigenvalue weighted by Gasteiger charge is -2.20. The average molecular weight is 355 g/mol. The minimum Gasteiger partial charge on any atom is -0.493 e. The molecule has 0 aromatic heterocycles. The highest BCUT2D eigenvalue weighted by atomic mass is 19.4. The molecule has 0 radical (unpaired) electrons. The number of rotatable bonds is 6. The molecule has 0 heterocycles. The second kappa shape index (κ2) is 8.00. The molecule has 0 spiro atoms. The minimum absolute atomic E-state index is 0.00204. The van der Waals surface area contributed by atoms with Crippen LogP contribution >= 0.6 is 0 Å². The molecular weight excluding hydrogens is 338 g/mol. The van der Waals surface area contributed by atoms with Crippen molar-refractivity contribution in [2.24, 2.45) is 0 Å². The Labute approximate surface area is 142 Å². The smallest absolute Gasteiger partial charge is 0.416 e. The van der Waals surface area contributed by atoms with Gasteiger partial charge in [0.05, 0.1) is 18.6 Å². The summed E-state index contributed by atoms with van der Waals surface area (Å²) in [7, 11) is 1.44. The molecule has 2 aromatic carbocycles. The Kier molecular flexibility index (Phi) is 6.01. The van der Waals surface area contributed by atoms with Crippen molar-refractivity contribution in [3.8, 4) is 5.75 Å². The third-order valence-electron chi connectivity index (χ3n) is 3.55. The molecule has 0 aliphatic carbocycles. The van der Waals surface area contributed by atoms with Gasteiger partial charge in [0.1, 0.15) is 11.6 Å². The summed E-state index contributed by atoms with van der Waals surface area (Å²) in [4.78, 5) is 13.3. The van der Waals surface area contributed by atoms with Gasteiger partial charge in [0.2, 0.25) is 5.91 Å². The van der Waals surface area contributed by atoms with Gasteiger partial charge in [-0.25, -0.2) is 4.39 Å². The molecule has 1 amide bonds. The van der Waals surface area contributed by atoms with E-state index in [0.717, 1.165) is 6.07 Å². The van der Waals surface area contributed by atoms with Crippen LogP contribution in [0.1, 0.15) is 17.5 Å². The van der Waals surface area contributed by atoms with E-state index in [-0.39, 0.29) is 31.0 Å². The monoisotopic (exact) mass is 355 g/mol. The predicted octanol–water partition coefficient (Wildman–Crippen LogP) is 4.27. The lowest BCUT2D eigenvalue weighted by Crippen LogP contribution is -2.28. The number of hydrogen-bond donors (Lipinski definition) is 0. The van der Waals surface area contributed by atoms with E-state index < -0.39 is 17.6 Å². The lowest BCUT2D eigenvalue weighted by molar-refractivity contribution is -0.139. The number of alkyl halides is 3. The van der Waals surface area contributed by atoms with Crippen molar-refractivity contribution in [2.45, 2.75) is 19.1 Å². The summed E-state index contributed by atoms with van der Waals surface area (Å²) in [5.74, 6) is -0.329. The molecule has 0 aliphatic heterocycles. The van der Waals surface area contributed by atoms with Gasteiger partial charge in [0, 0.05) is 13.6 Å². The van der Waals surface area contributed by atoms with Crippen molar-refractivity contribution < 1.29 is 27.1 Å². The number of carbonyl (C=O) groups is 1. The summed E-state index contributed by atoms with van der Waals surface area (Å²) >= 11 is 0. The van der Waals surface area contributed by atoms with Gasteiger partial charge in [-0.2, -0.15) is 13.2 Å². The first-order valence-corrected chi connectivity index (χ1v) is 7.55. The van der Waals surface area contributed by atoms with E-state index in [1.807, 2.05) is 0 Å². The highest BCUT2D eigenvalue weighted by Gasteiger charge is 2.33. The Bertz CT molecular complexity index is 714. The van der Waals surface area contributed by atoms with Crippen LogP contribution in [0, 0.1) is 5.82 Å². The Morgan fingerprint density at radius 1 is 1.08 bits per heavy atom. The molecule has 0 aliphatic rings. The van der Waals surface area contributed by atoms with Crippen LogP contribution in [-0.2, 0) is 17.5 Å². The van der Waals surface area contributed by atoms with Gasteiger partial charge < -0.3 is 9.64 Å². The van der Waals surface area contributed by atoms with Crippen LogP contribution in [0.3, 0.4) is 0 Å². The second-order valence-corrected chi connectivity index (χ2v) is 5.46. The maximum absolute atomic E-state index is 13.0. The van der Waals surface area contributed by atoms with Crippen molar-refractivity contribution in [3.63, 3.8) is 0 Å². The minimum atomic E-state index is -4.47. The molecule has 25 heavy (non-hydrogen) atoms. The van der Waals surface area contributed by atoms with Crippen LogP contribution in [-0.4, -0.2) is 24.5 Å². The number of hydrogen-bond acceptors (Lipinski definition) is 2. The summed E-state index contributed by atoms with van der Waals surface area (Å²) in [5, 5.41) is 0. The average Bonchev–Trinajstić information content (AvgIpc) is 2.56. The quantitative estimate of drug-likeness (QED) is 0.724. The van der Waals surface area contributed by atoms with Crippen molar-refractivity contribution >= 4 is 5.91 Å². The van der Waals surface area contributed by atoms with Crippen LogP contribution in [0.25, 0.3) is 0 Å². The van der Waals surface area contributed by atoms with Gasteiger partial charge in [-0.15, -0.1) is 0 Å². The Hall–Kier alpha value is -2.57. The highest BCUT2D eigenvalue weighted by Crippen LogP contribution is 2.32. The topological polar surface area (TPSA) is 29.5 Å². The molecule has 0 unspecified atom stereocenters. The summed E-state index contributed by atoms with van der Waals surface area (Å²) in [5.41, 5.74) is -0.720. The van der Waals surface area contributed by atoms with Crippen LogP contribution in [0.5, 0.6) is 5.75 Å². The van der Waals surface area contributed by atoms with E-state index in [1.54, 1.807) is 0 Å². The van der Waals surface area contributed by atoms with E-state index in [9.17, 15) is 22.4 Å². The van der Waals surface area contributed by atoms with E-state index >= 15 is 0 Å². The van der Waals surface area contributed by atoms with Crippen LogP contribution in [0.15, 0.2) is 48.5 Å². The van der Waals surface area contributed by atoms with Gasteiger partial charge >= 0.3 is 6.18 Å². The molecular formula is C18H17F4NO2. The number of halogens is 4. The van der Waals surface area contributed by atoms with Gasteiger partial charge in [-0.05, 0) is 35.9 Å². The van der Waals surface area contributed by atoms with E-state index in [2.05, 4.69) is 0 Å². The van der Waals surface area contributed by atoms with Crippen LogP contribution < -0.4 is 4.74 Å². The molecule has 0 saturated carbocycles. The fourth-order valence-corrected chi connectivity index (χ4v) is 2.26. The van der Waals surface area contributed by atoms with Crippen LogP contribution in [0.4, 0.5) is 17.6 Å². The second-order valence-electron chi connectivity index (χ2n) is 5.46. The maximum atomic E-state index is 13.0. The fourth-order valence-electron chi connectivity index (χ4n) is 2.26. The van der Waals surface area contributed by atoms with Crippen molar-refractivity contribution in [1.29, 1.82) is 0 Å². The molecule has 3 nitrogen and oxygen atoms in total. The highest BCUT2D eigenvalue weighted by molar-refractivity contribution is 5.76. The molecule has 2 rings (SSSR count). The standard InChI is InChI=1S/C18H17F4NO2/c1-23(12-13-4-2-3-5-16(13)18(20,21)22)17(24)10-11-25-15-8-6-14(19)7-9-15/h2-9H,10-12H2,1H3. The summed E-state index contributed by atoms with van der Waals surface area (Å²) in [6.45, 7) is -0.0964. The zero-order valence-corrected chi connectivity index (χ0v) is 13.5. The number of amides is 1. The largest absolute Gasteiger partial charge is 0.493 e. The van der Waals surface area contributed by atoms with Crippen molar-refractivity contribution in [3.05, 3.63) is 65.5 Å². The summed E-state index contributed by atoms with van der Waals surface area (Å²) < 4.78 is 57.0. The van der Waals surface area contributed by atoms with Gasteiger partial charge in [0.15, 0.2) is 0 Å². The molecule has 2 aromatic rings. The zero-order valence-electron chi connectivity index (χ0n) is 13.5. The Morgan fingerprint density at radius 2 is 1.72 bits per heavy atom. The Morgan fingerprint density at radius 3 is 2.36 bits per heavy atom. The molecule has 0 saturated heterocycles. The third kappa shape index (κ3) is 5.48. The fraction of sp³-hybridized carbons (Fsp3) is 0.278. The first kappa shape index (κ1) is 18.8. The number of nitrogens with zero attached hydrogens (tertiary/aromatic N) is 1. The van der Waals surface area contributed by atoms with Crippen LogP contribution in [0.2, 0.25) is 0 Å². The number of carbonyl (C=O) groups excluding carboxylic acids is 1. The zero-order chi connectivity index (χ0) is 18.4. The van der Waals surface area contributed by atoms with Gasteiger partial charge in [0.25, 0.3) is 0 Å². The maximum Gasteiger partial charge on any atom is 0.416 e. The van der Waals surface area contributed by atoms with E-state index in [4.69, 9.17) is 4.74 Å². The first-order chi connectivity index (χ1) is 11.8. The SMILES string of the molecule is CN(Cc1ccccc1C(F)(F)F)C(=O)CCOc1ccc(F)cc1.